The van der Waals surface area contributed by atoms with E-state index in [1.807, 2.05) is 24.3 Å². The van der Waals surface area contributed by atoms with Crippen LogP contribution in [0.25, 0.3) is 0 Å². The first-order valence-electron chi connectivity index (χ1n) is 5.56. The van der Waals surface area contributed by atoms with Gasteiger partial charge in [0.2, 0.25) is 0 Å². The highest BCUT2D eigenvalue weighted by molar-refractivity contribution is 14.1. The Hall–Kier alpha value is -1.14. The van der Waals surface area contributed by atoms with Crippen molar-refractivity contribution in [3.05, 3.63) is 57.4 Å². The number of benzene rings is 2. The van der Waals surface area contributed by atoms with Crippen LogP contribution in [0.1, 0.15) is 18.5 Å². The third-order valence-electron chi connectivity index (χ3n) is 2.52. The fourth-order valence-electron chi connectivity index (χ4n) is 1.69. The molecule has 2 rings (SSSR count). The summed E-state index contributed by atoms with van der Waals surface area (Å²) in [5.41, 5.74) is 6.19. The van der Waals surface area contributed by atoms with Crippen molar-refractivity contribution in [2.75, 3.05) is 0 Å². The van der Waals surface area contributed by atoms with Gasteiger partial charge in [-0.3, -0.25) is 0 Å². The summed E-state index contributed by atoms with van der Waals surface area (Å²) in [6, 6.07) is 11.9. The molecule has 0 aliphatic carbocycles. The summed E-state index contributed by atoms with van der Waals surface area (Å²) in [4.78, 5) is 0. The molecule has 0 aromatic heterocycles. The predicted octanol–water partition coefficient (Wildman–Crippen LogP) is 4.24. The van der Waals surface area contributed by atoms with Gasteiger partial charge in [0.15, 0.2) is 0 Å². The summed E-state index contributed by atoms with van der Waals surface area (Å²) in [6.07, 6.45) is 0. The normalized spacial score (nSPS) is 12.2. The van der Waals surface area contributed by atoms with E-state index in [1.54, 1.807) is 19.1 Å². The fourth-order valence-corrected chi connectivity index (χ4v) is 2.19. The van der Waals surface area contributed by atoms with Crippen molar-refractivity contribution in [3.8, 4) is 11.5 Å². The van der Waals surface area contributed by atoms with Gasteiger partial charge < -0.3 is 10.5 Å². The molecule has 0 radical (unpaired) electrons. The average molecular weight is 357 g/mol. The number of hydrogen-bond acceptors (Lipinski definition) is 2. The average Bonchev–Trinajstić information content (AvgIpc) is 2.31. The van der Waals surface area contributed by atoms with E-state index in [0.717, 1.165) is 3.57 Å². The Kier molecular flexibility index (Phi) is 4.19. The molecule has 0 fully saturated rings. The second kappa shape index (κ2) is 5.67. The number of ether oxygens (including phenoxy) is 1. The van der Waals surface area contributed by atoms with E-state index in [9.17, 15) is 4.39 Å². The standard InChI is InChI=1S/C14H13FINO/c1-9(17)14-10(15)5-4-8-13(14)18-12-7-3-2-6-11(12)16/h2-9H,17H2,1H3/t9-/m1/s1. The third kappa shape index (κ3) is 2.81. The largest absolute Gasteiger partial charge is 0.456 e. The maximum atomic E-state index is 13.7. The molecule has 0 saturated heterocycles. The zero-order valence-electron chi connectivity index (χ0n) is 9.86. The molecule has 2 aromatic carbocycles. The van der Waals surface area contributed by atoms with E-state index in [2.05, 4.69) is 22.6 Å². The van der Waals surface area contributed by atoms with Crippen LogP contribution in [-0.4, -0.2) is 0 Å². The Morgan fingerprint density at radius 2 is 1.78 bits per heavy atom. The van der Waals surface area contributed by atoms with Crippen molar-refractivity contribution in [2.45, 2.75) is 13.0 Å². The zero-order valence-corrected chi connectivity index (χ0v) is 12.0. The highest BCUT2D eigenvalue weighted by Crippen LogP contribution is 2.32. The molecule has 4 heteroatoms. The van der Waals surface area contributed by atoms with Crippen molar-refractivity contribution in [3.63, 3.8) is 0 Å². The van der Waals surface area contributed by atoms with Crippen LogP contribution in [-0.2, 0) is 0 Å². The monoisotopic (exact) mass is 357 g/mol. The molecule has 2 N–H and O–H groups in total. The first-order valence-corrected chi connectivity index (χ1v) is 6.64. The highest BCUT2D eigenvalue weighted by atomic mass is 127. The second-order valence-corrected chi connectivity index (χ2v) is 5.13. The fraction of sp³-hybridized carbons (Fsp3) is 0.143. The topological polar surface area (TPSA) is 35.2 Å². The molecular formula is C14H13FINO. The lowest BCUT2D eigenvalue weighted by atomic mass is 10.1. The van der Waals surface area contributed by atoms with Gasteiger partial charge in [0.25, 0.3) is 0 Å². The summed E-state index contributed by atoms with van der Waals surface area (Å²) >= 11 is 2.17. The first kappa shape index (κ1) is 13.3. The van der Waals surface area contributed by atoms with Crippen molar-refractivity contribution in [2.24, 2.45) is 5.73 Å². The maximum absolute atomic E-state index is 13.7. The lowest BCUT2D eigenvalue weighted by molar-refractivity contribution is 0.458. The van der Waals surface area contributed by atoms with Gasteiger partial charge in [-0.05, 0) is 53.8 Å². The van der Waals surface area contributed by atoms with Crippen LogP contribution in [0, 0.1) is 9.39 Å². The van der Waals surface area contributed by atoms with Gasteiger partial charge in [-0.2, -0.15) is 0 Å². The molecule has 0 heterocycles. The van der Waals surface area contributed by atoms with Crippen LogP contribution in [0.2, 0.25) is 0 Å². The van der Waals surface area contributed by atoms with E-state index in [1.165, 1.54) is 6.07 Å². The molecular weight excluding hydrogens is 344 g/mol. The van der Waals surface area contributed by atoms with Gasteiger partial charge in [0, 0.05) is 11.6 Å². The third-order valence-corrected chi connectivity index (χ3v) is 3.42. The van der Waals surface area contributed by atoms with Crippen LogP contribution in [0.15, 0.2) is 42.5 Å². The van der Waals surface area contributed by atoms with Gasteiger partial charge in [-0.1, -0.05) is 18.2 Å². The number of rotatable bonds is 3. The molecule has 1 atom stereocenters. The van der Waals surface area contributed by atoms with Gasteiger partial charge in [-0.25, -0.2) is 4.39 Å². The summed E-state index contributed by atoms with van der Waals surface area (Å²) in [5.74, 6) is 0.827. The highest BCUT2D eigenvalue weighted by Gasteiger charge is 2.14. The maximum Gasteiger partial charge on any atom is 0.140 e. The molecule has 0 aliphatic heterocycles. The summed E-state index contributed by atoms with van der Waals surface area (Å²) in [5, 5.41) is 0. The van der Waals surface area contributed by atoms with Gasteiger partial charge in [-0.15, -0.1) is 0 Å². The Morgan fingerprint density at radius 1 is 1.11 bits per heavy atom. The molecule has 18 heavy (non-hydrogen) atoms. The van der Waals surface area contributed by atoms with Crippen LogP contribution >= 0.6 is 22.6 Å². The molecule has 2 nitrogen and oxygen atoms in total. The number of nitrogens with two attached hydrogens (primary N) is 1. The smallest absolute Gasteiger partial charge is 0.140 e. The Bertz CT molecular complexity index is 557. The second-order valence-electron chi connectivity index (χ2n) is 3.97. The molecule has 0 aliphatic rings. The Labute approximate surface area is 119 Å². The predicted molar refractivity (Wildman–Crippen MR) is 78.2 cm³/mol. The van der Waals surface area contributed by atoms with E-state index >= 15 is 0 Å². The van der Waals surface area contributed by atoms with Crippen LogP contribution < -0.4 is 10.5 Å². The van der Waals surface area contributed by atoms with E-state index in [4.69, 9.17) is 10.5 Å². The minimum Gasteiger partial charge on any atom is -0.456 e. The summed E-state index contributed by atoms with van der Waals surface area (Å²) < 4.78 is 20.5. The Morgan fingerprint density at radius 3 is 2.44 bits per heavy atom. The van der Waals surface area contributed by atoms with Gasteiger partial charge >= 0.3 is 0 Å². The lowest BCUT2D eigenvalue weighted by Gasteiger charge is -2.15. The molecule has 94 valence electrons. The quantitative estimate of drug-likeness (QED) is 0.834. The van der Waals surface area contributed by atoms with Crippen molar-refractivity contribution >= 4 is 22.6 Å². The molecule has 0 bridgehead atoms. The Balaban J connectivity index is 2.41. The number of hydrogen-bond donors (Lipinski definition) is 1. The minimum absolute atomic E-state index is 0.339. The van der Waals surface area contributed by atoms with Crippen molar-refractivity contribution < 1.29 is 9.13 Å². The summed E-state index contributed by atoms with van der Waals surface area (Å²) in [7, 11) is 0. The number of halogens is 2. The molecule has 2 aromatic rings. The zero-order chi connectivity index (χ0) is 13.1. The van der Waals surface area contributed by atoms with Gasteiger partial charge in [0.1, 0.15) is 17.3 Å². The van der Waals surface area contributed by atoms with Crippen LogP contribution in [0.4, 0.5) is 4.39 Å². The minimum atomic E-state index is -0.414. The van der Waals surface area contributed by atoms with Gasteiger partial charge in [0.05, 0.1) is 3.57 Å². The van der Waals surface area contributed by atoms with E-state index in [0.29, 0.717) is 17.1 Å². The molecule has 0 saturated carbocycles. The molecule has 0 unspecified atom stereocenters. The summed E-state index contributed by atoms with van der Waals surface area (Å²) in [6.45, 7) is 1.74. The van der Waals surface area contributed by atoms with Crippen LogP contribution in [0.5, 0.6) is 11.5 Å². The van der Waals surface area contributed by atoms with Crippen molar-refractivity contribution in [1.29, 1.82) is 0 Å². The van der Waals surface area contributed by atoms with E-state index in [-0.39, 0.29) is 5.82 Å². The molecule has 0 amide bonds. The lowest BCUT2D eigenvalue weighted by Crippen LogP contribution is -2.09. The van der Waals surface area contributed by atoms with Crippen LogP contribution in [0.3, 0.4) is 0 Å². The SMILES string of the molecule is C[C@@H](N)c1c(F)cccc1Oc1ccccc1I. The van der Waals surface area contributed by atoms with E-state index < -0.39 is 6.04 Å². The first-order chi connectivity index (χ1) is 8.59. The molecule has 0 spiro atoms. The number of para-hydroxylation sites is 1. The van der Waals surface area contributed by atoms with Crippen molar-refractivity contribution in [1.82, 2.24) is 0 Å².